The molecule has 1 saturated heterocycles. The number of β-amino-alcohol motifs (C(OH)–C–C–N with tert-alkyl or cyclic N) is 1. The zero-order valence-corrected chi connectivity index (χ0v) is 12.9. The van der Waals surface area contributed by atoms with E-state index in [2.05, 4.69) is 0 Å². The number of likely N-dealkylation sites (tertiary alicyclic amines) is 1. The lowest BCUT2D eigenvalue weighted by molar-refractivity contribution is -0.135. The summed E-state index contributed by atoms with van der Waals surface area (Å²) < 4.78 is 24.2. The molecule has 0 aromatic heterocycles. The summed E-state index contributed by atoms with van der Waals surface area (Å²) >= 11 is 0. The standard InChI is InChI=1S/C15H21NO4S/c1-12-7-9-16(11-14(12)17)15(18)8-10-21(19,20)13-5-3-2-4-6-13/h2-6,12,14,17H,7-11H2,1H3. The highest BCUT2D eigenvalue weighted by molar-refractivity contribution is 7.91. The first-order valence-corrected chi connectivity index (χ1v) is 8.79. The molecule has 1 aliphatic rings. The van der Waals surface area contributed by atoms with E-state index in [0.717, 1.165) is 6.42 Å². The van der Waals surface area contributed by atoms with E-state index in [0.29, 0.717) is 13.1 Å². The number of carbonyl (C=O) groups is 1. The van der Waals surface area contributed by atoms with Gasteiger partial charge in [0, 0.05) is 19.5 Å². The summed E-state index contributed by atoms with van der Waals surface area (Å²) in [6.45, 7) is 2.83. The van der Waals surface area contributed by atoms with Crippen molar-refractivity contribution in [2.24, 2.45) is 5.92 Å². The summed E-state index contributed by atoms with van der Waals surface area (Å²) in [6.07, 6.45) is 0.185. The minimum Gasteiger partial charge on any atom is -0.391 e. The molecule has 21 heavy (non-hydrogen) atoms. The number of aliphatic hydroxyl groups excluding tert-OH is 1. The quantitative estimate of drug-likeness (QED) is 0.903. The number of nitrogens with zero attached hydrogens (tertiary/aromatic N) is 1. The predicted molar refractivity (Wildman–Crippen MR) is 79.5 cm³/mol. The van der Waals surface area contributed by atoms with Crippen LogP contribution in [0.25, 0.3) is 0 Å². The van der Waals surface area contributed by atoms with Gasteiger partial charge in [0.1, 0.15) is 0 Å². The number of carbonyl (C=O) groups excluding carboxylic acids is 1. The highest BCUT2D eigenvalue weighted by Gasteiger charge is 2.28. The Hall–Kier alpha value is -1.40. The topological polar surface area (TPSA) is 74.7 Å². The van der Waals surface area contributed by atoms with Crippen molar-refractivity contribution in [2.75, 3.05) is 18.8 Å². The second kappa shape index (κ2) is 6.58. The van der Waals surface area contributed by atoms with Crippen molar-refractivity contribution in [3.63, 3.8) is 0 Å². The molecule has 1 heterocycles. The normalized spacial score (nSPS) is 23.0. The van der Waals surface area contributed by atoms with Gasteiger partial charge in [0.25, 0.3) is 0 Å². The summed E-state index contributed by atoms with van der Waals surface area (Å²) in [5.41, 5.74) is 0. The maximum atomic E-state index is 12.1. The molecule has 0 spiro atoms. The Morgan fingerprint density at radius 3 is 2.62 bits per heavy atom. The average molecular weight is 311 g/mol. The lowest BCUT2D eigenvalue weighted by atomic mass is 9.96. The van der Waals surface area contributed by atoms with Gasteiger partial charge < -0.3 is 10.0 Å². The van der Waals surface area contributed by atoms with Crippen LogP contribution in [0, 0.1) is 5.92 Å². The molecule has 1 fully saturated rings. The Kier molecular flexibility index (Phi) is 5.00. The molecular weight excluding hydrogens is 290 g/mol. The number of sulfone groups is 1. The predicted octanol–water partition coefficient (Wildman–Crippen LogP) is 1.08. The number of hydrogen-bond donors (Lipinski definition) is 1. The zero-order valence-electron chi connectivity index (χ0n) is 12.1. The van der Waals surface area contributed by atoms with Crippen LogP contribution in [0.2, 0.25) is 0 Å². The molecular formula is C15H21NO4S. The van der Waals surface area contributed by atoms with E-state index in [-0.39, 0.29) is 28.9 Å². The molecule has 0 radical (unpaired) electrons. The lowest BCUT2D eigenvalue weighted by Crippen LogP contribution is -2.46. The maximum absolute atomic E-state index is 12.1. The van der Waals surface area contributed by atoms with Crippen LogP contribution in [-0.4, -0.2) is 49.3 Å². The molecule has 0 aliphatic carbocycles. The van der Waals surface area contributed by atoms with Crippen LogP contribution in [0.3, 0.4) is 0 Å². The van der Waals surface area contributed by atoms with E-state index in [4.69, 9.17) is 0 Å². The number of hydrogen-bond acceptors (Lipinski definition) is 4. The van der Waals surface area contributed by atoms with Crippen molar-refractivity contribution >= 4 is 15.7 Å². The first kappa shape index (κ1) is 16.0. The Bertz CT molecular complexity index is 585. The molecule has 1 N–H and O–H groups in total. The number of benzene rings is 1. The summed E-state index contributed by atoms with van der Waals surface area (Å²) in [6, 6.07) is 8.15. The minimum atomic E-state index is -3.43. The van der Waals surface area contributed by atoms with E-state index >= 15 is 0 Å². The van der Waals surface area contributed by atoms with Crippen LogP contribution in [-0.2, 0) is 14.6 Å². The van der Waals surface area contributed by atoms with E-state index in [1.807, 2.05) is 6.92 Å². The molecule has 5 nitrogen and oxygen atoms in total. The number of piperidine rings is 1. The molecule has 1 aliphatic heterocycles. The fourth-order valence-corrected chi connectivity index (χ4v) is 3.65. The van der Waals surface area contributed by atoms with E-state index < -0.39 is 15.9 Å². The third-order valence-corrected chi connectivity index (χ3v) is 5.69. The Labute approximate surface area is 125 Å². The van der Waals surface area contributed by atoms with Crippen LogP contribution in [0.15, 0.2) is 35.2 Å². The fourth-order valence-electron chi connectivity index (χ4n) is 2.40. The Morgan fingerprint density at radius 1 is 1.33 bits per heavy atom. The third kappa shape index (κ3) is 4.04. The van der Waals surface area contributed by atoms with Crippen molar-refractivity contribution < 1.29 is 18.3 Å². The molecule has 2 unspecified atom stereocenters. The van der Waals surface area contributed by atoms with Gasteiger partial charge in [-0.25, -0.2) is 8.42 Å². The molecule has 116 valence electrons. The van der Waals surface area contributed by atoms with Crippen molar-refractivity contribution in [3.8, 4) is 0 Å². The lowest BCUT2D eigenvalue weighted by Gasteiger charge is -2.34. The van der Waals surface area contributed by atoms with Gasteiger partial charge in [0.15, 0.2) is 9.84 Å². The largest absolute Gasteiger partial charge is 0.391 e. The second-order valence-electron chi connectivity index (χ2n) is 5.55. The Morgan fingerprint density at radius 2 is 2.00 bits per heavy atom. The van der Waals surface area contributed by atoms with E-state index in [9.17, 15) is 18.3 Å². The fraction of sp³-hybridized carbons (Fsp3) is 0.533. The SMILES string of the molecule is CC1CCN(C(=O)CCS(=O)(=O)c2ccccc2)CC1O. The monoisotopic (exact) mass is 311 g/mol. The smallest absolute Gasteiger partial charge is 0.223 e. The van der Waals surface area contributed by atoms with Gasteiger partial charge in [-0.05, 0) is 24.5 Å². The molecule has 0 saturated carbocycles. The van der Waals surface area contributed by atoms with Crippen LogP contribution >= 0.6 is 0 Å². The van der Waals surface area contributed by atoms with Gasteiger partial charge in [0.2, 0.25) is 5.91 Å². The third-order valence-electron chi connectivity index (χ3n) is 3.96. The van der Waals surface area contributed by atoms with Gasteiger partial charge in [0.05, 0.1) is 16.8 Å². The molecule has 1 amide bonds. The van der Waals surface area contributed by atoms with Crippen LogP contribution < -0.4 is 0 Å². The molecule has 1 aromatic carbocycles. The molecule has 2 rings (SSSR count). The van der Waals surface area contributed by atoms with Crippen molar-refractivity contribution in [2.45, 2.75) is 30.8 Å². The Balaban J connectivity index is 1.92. The van der Waals surface area contributed by atoms with Crippen LogP contribution in [0.4, 0.5) is 0 Å². The molecule has 0 bridgehead atoms. The first-order valence-electron chi connectivity index (χ1n) is 7.14. The first-order chi connectivity index (χ1) is 9.90. The summed E-state index contributed by atoms with van der Waals surface area (Å²) in [4.78, 5) is 13.9. The zero-order chi connectivity index (χ0) is 15.5. The van der Waals surface area contributed by atoms with Crippen LogP contribution in [0.5, 0.6) is 0 Å². The van der Waals surface area contributed by atoms with Crippen molar-refractivity contribution in [3.05, 3.63) is 30.3 Å². The summed E-state index contributed by atoms with van der Waals surface area (Å²) in [7, 11) is -3.43. The van der Waals surface area contributed by atoms with Gasteiger partial charge in [-0.1, -0.05) is 25.1 Å². The number of amides is 1. The van der Waals surface area contributed by atoms with Crippen LogP contribution in [0.1, 0.15) is 19.8 Å². The van der Waals surface area contributed by atoms with Gasteiger partial charge in [-0.2, -0.15) is 0 Å². The molecule has 1 aromatic rings. The van der Waals surface area contributed by atoms with Crippen molar-refractivity contribution in [1.82, 2.24) is 4.90 Å². The molecule has 2 atom stereocenters. The minimum absolute atomic E-state index is 0.0433. The van der Waals surface area contributed by atoms with E-state index in [1.165, 1.54) is 12.1 Å². The second-order valence-corrected chi connectivity index (χ2v) is 7.66. The van der Waals surface area contributed by atoms with Crippen molar-refractivity contribution in [1.29, 1.82) is 0 Å². The highest BCUT2D eigenvalue weighted by Crippen LogP contribution is 2.18. The summed E-state index contributed by atoms with van der Waals surface area (Å²) in [5, 5.41) is 9.79. The average Bonchev–Trinajstić information content (AvgIpc) is 2.48. The number of aliphatic hydroxyl groups is 1. The van der Waals surface area contributed by atoms with Gasteiger partial charge in [-0.3, -0.25) is 4.79 Å². The maximum Gasteiger partial charge on any atom is 0.223 e. The highest BCUT2D eigenvalue weighted by atomic mass is 32.2. The molecule has 6 heteroatoms. The summed E-state index contributed by atoms with van der Waals surface area (Å²) in [5.74, 6) is -0.222. The van der Waals surface area contributed by atoms with E-state index in [1.54, 1.807) is 23.1 Å². The van der Waals surface area contributed by atoms with Gasteiger partial charge >= 0.3 is 0 Å². The number of rotatable bonds is 4. The van der Waals surface area contributed by atoms with Gasteiger partial charge in [-0.15, -0.1) is 0 Å².